The maximum absolute atomic E-state index is 14.6. The minimum Gasteiger partial charge on any atom is -0.508 e. The topological polar surface area (TPSA) is 142 Å². The summed E-state index contributed by atoms with van der Waals surface area (Å²) in [5.74, 6) is 2.68. The molecule has 3 aliphatic heterocycles. The Morgan fingerprint density at radius 3 is 2.22 bits per heavy atom. The molecular formula is C37H31N3O6. The van der Waals surface area contributed by atoms with E-state index in [9.17, 15) is 24.6 Å². The highest BCUT2D eigenvalue weighted by Gasteiger charge is 2.73. The molecule has 0 radical (unpaired) electrons. The van der Waals surface area contributed by atoms with Crippen LogP contribution in [0.15, 0.2) is 103 Å². The van der Waals surface area contributed by atoms with E-state index < -0.39 is 53.3 Å². The van der Waals surface area contributed by atoms with E-state index in [2.05, 4.69) is 17.2 Å². The number of fused-ring (bicyclic) bond motifs is 3. The lowest BCUT2D eigenvalue weighted by atomic mass is 9.65. The van der Waals surface area contributed by atoms with Crippen molar-refractivity contribution in [2.75, 3.05) is 11.9 Å². The number of anilines is 1. The van der Waals surface area contributed by atoms with Crippen LogP contribution in [0.4, 0.5) is 5.69 Å². The number of primary amides is 1. The smallest absolute Gasteiger partial charge is 0.324 e. The highest BCUT2D eigenvalue weighted by molar-refractivity contribution is 6.12. The van der Waals surface area contributed by atoms with Crippen molar-refractivity contribution in [1.82, 2.24) is 4.90 Å². The van der Waals surface area contributed by atoms with E-state index in [1.165, 1.54) is 12.1 Å². The van der Waals surface area contributed by atoms with Gasteiger partial charge >= 0.3 is 5.97 Å². The van der Waals surface area contributed by atoms with E-state index >= 15 is 0 Å². The number of phenols is 1. The summed E-state index contributed by atoms with van der Waals surface area (Å²) in [6.07, 6.45) is -0.518. The third kappa shape index (κ3) is 4.45. The molecule has 2 saturated heterocycles. The summed E-state index contributed by atoms with van der Waals surface area (Å²) in [5.41, 5.74) is 8.27. The lowest BCUT2D eigenvalue weighted by molar-refractivity contribution is -0.178. The number of hydrogen-bond donors (Lipinski definition) is 4. The fraction of sp³-hybridized carbons (Fsp3) is 0.216. The Morgan fingerprint density at radius 1 is 0.891 bits per heavy atom. The van der Waals surface area contributed by atoms with Crippen molar-refractivity contribution in [3.8, 4) is 17.6 Å². The van der Waals surface area contributed by atoms with Gasteiger partial charge in [0.15, 0.2) is 0 Å². The molecule has 5 N–H and O–H groups in total. The molecule has 4 aromatic carbocycles. The van der Waals surface area contributed by atoms with Crippen molar-refractivity contribution in [2.24, 2.45) is 11.7 Å². The number of aromatic hydroxyl groups is 1. The molecule has 6 atom stereocenters. The summed E-state index contributed by atoms with van der Waals surface area (Å²) >= 11 is 0. The molecule has 0 saturated carbocycles. The Balaban J connectivity index is 1.54. The van der Waals surface area contributed by atoms with E-state index in [-0.39, 0.29) is 18.8 Å². The van der Waals surface area contributed by atoms with Crippen LogP contribution in [0.3, 0.4) is 0 Å². The van der Waals surface area contributed by atoms with Gasteiger partial charge in [-0.3, -0.25) is 19.3 Å². The van der Waals surface area contributed by atoms with Gasteiger partial charge in [-0.2, -0.15) is 0 Å². The molecular weight excluding hydrogens is 582 g/mol. The number of amides is 2. The summed E-state index contributed by atoms with van der Waals surface area (Å²) in [4.78, 5) is 44.6. The molecule has 4 aromatic rings. The van der Waals surface area contributed by atoms with E-state index in [0.29, 0.717) is 22.4 Å². The Morgan fingerprint density at radius 2 is 1.57 bits per heavy atom. The zero-order chi connectivity index (χ0) is 32.0. The minimum atomic E-state index is -1.67. The van der Waals surface area contributed by atoms with Gasteiger partial charge in [0.2, 0.25) is 11.8 Å². The lowest BCUT2D eigenvalue weighted by Crippen LogP contribution is -2.53. The molecule has 2 amide bonds. The van der Waals surface area contributed by atoms with Gasteiger partial charge in [0.1, 0.15) is 23.3 Å². The quantitative estimate of drug-likeness (QED) is 0.198. The number of hydrogen-bond acceptors (Lipinski definition) is 7. The van der Waals surface area contributed by atoms with Crippen LogP contribution >= 0.6 is 0 Å². The standard InChI is InChI=1S/C37H31N3O6/c38-34(43)29-31-35(44)46-32(24-12-5-2-6-13-24)30(23-10-3-1-4-11-23)40(31)33(25-15-17-26(42)18-16-25)37(29)27-21-22(9-7-8-20-41)14-19-28(27)39-36(37)45/h1-6,10-19,21,29-33,41-42H,8,20H2,(H2,38,43)(H,39,45). The number of morpholine rings is 1. The summed E-state index contributed by atoms with van der Waals surface area (Å²) in [7, 11) is 0. The van der Waals surface area contributed by atoms with Gasteiger partial charge in [-0.15, -0.1) is 0 Å². The summed E-state index contributed by atoms with van der Waals surface area (Å²) in [5, 5.41) is 22.5. The Labute approximate surface area is 265 Å². The molecule has 6 unspecified atom stereocenters. The molecule has 230 valence electrons. The molecule has 0 aliphatic carbocycles. The van der Waals surface area contributed by atoms with E-state index in [1.807, 2.05) is 65.6 Å². The molecule has 9 nitrogen and oxygen atoms in total. The minimum absolute atomic E-state index is 0.0244. The summed E-state index contributed by atoms with van der Waals surface area (Å²) in [6.45, 7) is -0.100. The van der Waals surface area contributed by atoms with Crippen molar-refractivity contribution in [2.45, 2.75) is 36.1 Å². The van der Waals surface area contributed by atoms with Crippen molar-refractivity contribution in [3.63, 3.8) is 0 Å². The molecule has 7 rings (SSSR count). The predicted octanol–water partition coefficient (Wildman–Crippen LogP) is 3.88. The maximum Gasteiger partial charge on any atom is 0.324 e. The second-order valence-electron chi connectivity index (χ2n) is 11.7. The van der Waals surface area contributed by atoms with Gasteiger partial charge in [0.25, 0.3) is 0 Å². The van der Waals surface area contributed by atoms with Crippen molar-refractivity contribution < 1.29 is 29.3 Å². The molecule has 0 bridgehead atoms. The number of carbonyl (C=O) groups excluding carboxylic acids is 3. The van der Waals surface area contributed by atoms with Gasteiger partial charge in [0, 0.05) is 17.7 Å². The van der Waals surface area contributed by atoms with Gasteiger partial charge in [0.05, 0.1) is 24.6 Å². The average Bonchev–Trinajstić information content (AvgIpc) is 3.54. The number of rotatable bonds is 5. The Kier molecular flexibility index (Phi) is 7.32. The third-order valence-corrected chi connectivity index (χ3v) is 9.29. The first-order valence-electron chi connectivity index (χ1n) is 15.1. The second kappa shape index (κ2) is 11.5. The van der Waals surface area contributed by atoms with Crippen LogP contribution in [-0.2, 0) is 24.5 Å². The predicted molar refractivity (Wildman–Crippen MR) is 169 cm³/mol. The lowest BCUT2D eigenvalue weighted by Gasteiger charge is -2.46. The number of nitrogens with two attached hydrogens (primary N) is 1. The first-order valence-corrected chi connectivity index (χ1v) is 15.1. The number of ether oxygens (including phenoxy) is 1. The van der Waals surface area contributed by atoms with Gasteiger partial charge < -0.3 is 26.0 Å². The summed E-state index contributed by atoms with van der Waals surface area (Å²) < 4.78 is 6.25. The first-order chi connectivity index (χ1) is 22.4. The number of nitrogens with zero attached hydrogens (tertiary/aromatic N) is 1. The maximum atomic E-state index is 14.6. The van der Waals surface area contributed by atoms with Crippen LogP contribution in [0.2, 0.25) is 0 Å². The van der Waals surface area contributed by atoms with Crippen LogP contribution in [0.25, 0.3) is 0 Å². The van der Waals surface area contributed by atoms with Gasteiger partial charge in [-0.25, -0.2) is 0 Å². The molecule has 0 aromatic heterocycles. The molecule has 3 heterocycles. The Hall–Kier alpha value is -5.43. The van der Waals surface area contributed by atoms with Crippen molar-refractivity contribution >= 4 is 23.5 Å². The number of nitrogens with one attached hydrogen (secondary N) is 1. The number of aliphatic hydroxyl groups is 1. The molecule has 3 aliphatic rings. The fourth-order valence-corrected chi connectivity index (χ4v) is 7.58. The van der Waals surface area contributed by atoms with Crippen LogP contribution in [-0.4, -0.2) is 45.5 Å². The normalized spacial score (nSPS) is 26.4. The van der Waals surface area contributed by atoms with Crippen LogP contribution < -0.4 is 11.1 Å². The van der Waals surface area contributed by atoms with Gasteiger partial charge in [-0.05, 0) is 52.6 Å². The highest BCUT2D eigenvalue weighted by Crippen LogP contribution is 2.64. The average molecular weight is 614 g/mol. The number of esters is 1. The first kappa shape index (κ1) is 29.3. The monoisotopic (exact) mass is 613 g/mol. The number of benzene rings is 4. The largest absolute Gasteiger partial charge is 0.508 e. The SMILES string of the molecule is NC(=O)C1C2C(=O)OC(c3ccccc3)C(c3ccccc3)N2C(c2ccc(O)cc2)C12C(=O)Nc1ccc(C#CCCO)cc12. The highest BCUT2D eigenvalue weighted by atomic mass is 16.6. The number of aliphatic hydroxyl groups excluding tert-OH is 1. The molecule has 1 spiro atoms. The van der Waals surface area contributed by atoms with Crippen molar-refractivity contribution in [1.29, 1.82) is 0 Å². The molecule has 2 fully saturated rings. The van der Waals surface area contributed by atoms with E-state index in [0.717, 1.165) is 11.1 Å². The van der Waals surface area contributed by atoms with Gasteiger partial charge in [-0.1, -0.05) is 84.6 Å². The zero-order valence-corrected chi connectivity index (χ0v) is 24.7. The van der Waals surface area contributed by atoms with E-state index in [1.54, 1.807) is 30.3 Å². The molecule has 46 heavy (non-hydrogen) atoms. The third-order valence-electron chi connectivity index (χ3n) is 9.29. The second-order valence-corrected chi connectivity index (χ2v) is 11.7. The number of phenolic OH excluding ortho intramolecular Hbond substituents is 1. The number of cyclic esters (lactones) is 1. The van der Waals surface area contributed by atoms with Crippen LogP contribution in [0.1, 0.15) is 52.4 Å². The Bertz CT molecular complexity index is 1890. The zero-order valence-electron chi connectivity index (χ0n) is 24.7. The molecule has 9 heteroatoms. The van der Waals surface area contributed by atoms with E-state index in [4.69, 9.17) is 10.5 Å². The van der Waals surface area contributed by atoms with Crippen molar-refractivity contribution in [3.05, 3.63) is 131 Å². The van der Waals surface area contributed by atoms with Crippen LogP contribution in [0.5, 0.6) is 5.75 Å². The number of carbonyl (C=O) groups is 3. The fourth-order valence-electron chi connectivity index (χ4n) is 7.58. The van der Waals surface area contributed by atoms with Crippen LogP contribution in [0, 0.1) is 17.8 Å². The summed E-state index contributed by atoms with van der Waals surface area (Å²) in [6, 6.07) is 27.9.